The Kier molecular flexibility index (Phi) is 2.28. The molecule has 17 heavy (non-hydrogen) atoms. The Labute approximate surface area is 101 Å². The van der Waals surface area contributed by atoms with Gasteiger partial charge in [-0.2, -0.15) is 5.10 Å². The molecule has 2 N–H and O–H groups in total. The van der Waals surface area contributed by atoms with Gasteiger partial charge in [0.2, 0.25) is 0 Å². The second-order valence-electron chi connectivity index (χ2n) is 4.58. The molecule has 0 radical (unpaired) electrons. The number of benzene rings is 1. The van der Waals surface area contributed by atoms with Crippen LogP contribution in [-0.2, 0) is 20.0 Å². The Morgan fingerprint density at radius 1 is 1.41 bits per heavy atom. The number of nitrogen functional groups attached to an aromatic ring is 1. The molecule has 4 heteroatoms. The van der Waals surface area contributed by atoms with Crippen LogP contribution in [0.4, 0.5) is 11.4 Å². The van der Waals surface area contributed by atoms with Crippen LogP contribution >= 0.6 is 0 Å². The van der Waals surface area contributed by atoms with E-state index in [9.17, 15) is 0 Å². The summed E-state index contributed by atoms with van der Waals surface area (Å²) in [7, 11) is 1.95. The average molecular weight is 228 g/mol. The van der Waals surface area contributed by atoms with Gasteiger partial charge in [0.25, 0.3) is 0 Å². The first-order valence-electron chi connectivity index (χ1n) is 5.83. The number of anilines is 2. The Bertz CT molecular complexity index is 544. The standard InChI is InChI=1S/C13H16N4/c1-16-8-10(7-15-16)9-17-5-4-11-6-12(14)2-3-13(11)17/h2-3,6-8H,4-5,9,14H2,1H3. The fourth-order valence-electron chi connectivity index (χ4n) is 2.43. The smallest absolute Gasteiger partial charge is 0.0539 e. The van der Waals surface area contributed by atoms with Gasteiger partial charge in [-0.15, -0.1) is 0 Å². The van der Waals surface area contributed by atoms with Crippen LogP contribution in [0.1, 0.15) is 11.1 Å². The lowest BCUT2D eigenvalue weighted by atomic mass is 10.1. The van der Waals surface area contributed by atoms with E-state index in [1.165, 1.54) is 16.8 Å². The summed E-state index contributed by atoms with van der Waals surface area (Å²) in [6, 6.07) is 6.17. The predicted octanol–water partition coefficient (Wildman–Crippen LogP) is 1.56. The van der Waals surface area contributed by atoms with Crippen molar-refractivity contribution in [2.75, 3.05) is 17.2 Å². The first-order valence-corrected chi connectivity index (χ1v) is 5.83. The van der Waals surface area contributed by atoms with E-state index in [0.29, 0.717) is 0 Å². The lowest BCUT2D eigenvalue weighted by Crippen LogP contribution is -2.19. The van der Waals surface area contributed by atoms with Crippen molar-refractivity contribution in [3.8, 4) is 0 Å². The highest BCUT2D eigenvalue weighted by molar-refractivity contribution is 5.63. The van der Waals surface area contributed by atoms with Gasteiger partial charge in [0.05, 0.1) is 6.20 Å². The molecule has 4 nitrogen and oxygen atoms in total. The first-order chi connectivity index (χ1) is 8.22. The number of aromatic nitrogens is 2. The summed E-state index contributed by atoms with van der Waals surface area (Å²) in [4.78, 5) is 2.38. The van der Waals surface area contributed by atoms with E-state index in [1.807, 2.05) is 24.0 Å². The van der Waals surface area contributed by atoms with Crippen LogP contribution in [0.3, 0.4) is 0 Å². The molecule has 0 atom stereocenters. The minimum absolute atomic E-state index is 0.854. The fraction of sp³-hybridized carbons (Fsp3) is 0.308. The number of fused-ring (bicyclic) bond motifs is 1. The minimum Gasteiger partial charge on any atom is -0.399 e. The Hall–Kier alpha value is -1.97. The molecule has 0 unspecified atom stereocenters. The molecule has 88 valence electrons. The first kappa shape index (κ1) is 10.2. The summed E-state index contributed by atoms with van der Waals surface area (Å²) in [5.74, 6) is 0. The van der Waals surface area contributed by atoms with Crippen molar-refractivity contribution in [2.24, 2.45) is 7.05 Å². The van der Waals surface area contributed by atoms with Crippen LogP contribution in [-0.4, -0.2) is 16.3 Å². The number of nitrogens with two attached hydrogens (primary N) is 1. The number of rotatable bonds is 2. The highest BCUT2D eigenvalue weighted by Crippen LogP contribution is 2.30. The summed E-state index contributed by atoms with van der Waals surface area (Å²) in [6.07, 6.45) is 5.07. The zero-order valence-electron chi connectivity index (χ0n) is 9.93. The van der Waals surface area contributed by atoms with Gasteiger partial charge in [-0.25, -0.2) is 0 Å². The third kappa shape index (κ3) is 1.86. The quantitative estimate of drug-likeness (QED) is 0.794. The van der Waals surface area contributed by atoms with Gasteiger partial charge in [0.15, 0.2) is 0 Å². The Morgan fingerprint density at radius 3 is 3.06 bits per heavy atom. The third-order valence-corrected chi connectivity index (χ3v) is 3.23. The average Bonchev–Trinajstić information content (AvgIpc) is 2.86. The molecule has 0 aliphatic carbocycles. The van der Waals surface area contributed by atoms with Crippen molar-refractivity contribution >= 4 is 11.4 Å². The molecule has 0 fully saturated rings. The third-order valence-electron chi connectivity index (χ3n) is 3.23. The zero-order valence-corrected chi connectivity index (χ0v) is 9.93. The molecular formula is C13H16N4. The maximum atomic E-state index is 5.80. The van der Waals surface area contributed by atoms with Crippen LogP contribution in [0.25, 0.3) is 0 Å². The number of nitrogens with zero attached hydrogens (tertiary/aromatic N) is 3. The van der Waals surface area contributed by atoms with Gasteiger partial charge < -0.3 is 10.6 Å². The molecule has 1 aliphatic rings. The molecular weight excluding hydrogens is 212 g/mol. The van der Waals surface area contributed by atoms with Crippen molar-refractivity contribution < 1.29 is 0 Å². The molecule has 1 aromatic heterocycles. The van der Waals surface area contributed by atoms with Crippen molar-refractivity contribution in [1.82, 2.24) is 9.78 Å². The van der Waals surface area contributed by atoms with Gasteiger partial charge in [-0.3, -0.25) is 4.68 Å². The number of hydrogen-bond donors (Lipinski definition) is 1. The van der Waals surface area contributed by atoms with E-state index < -0.39 is 0 Å². The summed E-state index contributed by atoms with van der Waals surface area (Å²) in [5, 5.41) is 4.20. The minimum atomic E-state index is 0.854. The van der Waals surface area contributed by atoms with E-state index in [0.717, 1.165) is 25.2 Å². The molecule has 2 aromatic rings. The lowest BCUT2D eigenvalue weighted by molar-refractivity contribution is 0.765. The van der Waals surface area contributed by atoms with Gasteiger partial charge in [-0.1, -0.05) is 0 Å². The van der Waals surface area contributed by atoms with Crippen molar-refractivity contribution in [2.45, 2.75) is 13.0 Å². The lowest BCUT2D eigenvalue weighted by Gasteiger charge is -2.18. The van der Waals surface area contributed by atoms with Gasteiger partial charge >= 0.3 is 0 Å². The number of aryl methyl sites for hydroxylation is 1. The molecule has 0 amide bonds. The van der Waals surface area contributed by atoms with Crippen LogP contribution in [0.15, 0.2) is 30.6 Å². The summed E-state index contributed by atoms with van der Waals surface area (Å²) >= 11 is 0. The van der Waals surface area contributed by atoms with E-state index in [2.05, 4.69) is 28.3 Å². The zero-order chi connectivity index (χ0) is 11.8. The highest BCUT2D eigenvalue weighted by Gasteiger charge is 2.19. The molecule has 0 bridgehead atoms. The maximum Gasteiger partial charge on any atom is 0.0539 e. The van der Waals surface area contributed by atoms with Crippen molar-refractivity contribution in [3.05, 3.63) is 41.7 Å². The Morgan fingerprint density at radius 2 is 2.29 bits per heavy atom. The monoisotopic (exact) mass is 228 g/mol. The van der Waals surface area contributed by atoms with Crippen LogP contribution in [0.2, 0.25) is 0 Å². The normalized spacial score (nSPS) is 14.1. The fourth-order valence-corrected chi connectivity index (χ4v) is 2.43. The largest absolute Gasteiger partial charge is 0.399 e. The van der Waals surface area contributed by atoms with Crippen LogP contribution in [0, 0.1) is 0 Å². The molecule has 0 spiro atoms. The Balaban J connectivity index is 1.84. The molecule has 0 saturated carbocycles. The van der Waals surface area contributed by atoms with E-state index in [-0.39, 0.29) is 0 Å². The summed E-state index contributed by atoms with van der Waals surface area (Å²) in [5.41, 5.74) is 10.6. The number of hydrogen-bond acceptors (Lipinski definition) is 3. The SMILES string of the molecule is Cn1cc(CN2CCc3cc(N)ccc32)cn1. The van der Waals surface area contributed by atoms with E-state index in [4.69, 9.17) is 5.73 Å². The second kappa shape index (κ2) is 3.80. The molecule has 1 aromatic carbocycles. The van der Waals surface area contributed by atoms with Gasteiger partial charge in [0.1, 0.15) is 0 Å². The molecule has 1 aliphatic heterocycles. The predicted molar refractivity (Wildman–Crippen MR) is 68.8 cm³/mol. The van der Waals surface area contributed by atoms with E-state index in [1.54, 1.807) is 0 Å². The molecule has 0 saturated heterocycles. The topological polar surface area (TPSA) is 47.1 Å². The van der Waals surface area contributed by atoms with Gasteiger partial charge in [-0.05, 0) is 30.2 Å². The van der Waals surface area contributed by atoms with Crippen LogP contribution < -0.4 is 10.6 Å². The van der Waals surface area contributed by atoms with E-state index >= 15 is 0 Å². The molecule has 3 rings (SSSR count). The second-order valence-corrected chi connectivity index (χ2v) is 4.58. The highest BCUT2D eigenvalue weighted by atomic mass is 15.2. The summed E-state index contributed by atoms with van der Waals surface area (Å²) < 4.78 is 1.84. The van der Waals surface area contributed by atoms with Crippen molar-refractivity contribution in [3.63, 3.8) is 0 Å². The van der Waals surface area contributed by atoms with Crippen LogP contribution in [0.5, 0.6) is 0 Å². The van der Waals surface area contributed by atoms with Crippen molar-refractivity contribution in [1.29, 1.82) is 0 Å². The maximum absolute atomic E-state index is 5.80. The summed E-state index contributed by atoms with van der Waals surface area (Å²) in [6.45, 7) is 1.98. The van der Waals surface area contributed by atoms with Gasteiger partial charge in [0, 0.05) is 43.3 Å². The molecule has 2 heterocycles.